The number of aromatic nitrogens is 3. The van der Waals surface area contributed by atoms with Crippen molar-refractivity contribution < 1.29 is 27.5 Å². The minimum Gasteiger partial charge on any atom is -0.405 e. The van der Waals surface area contributed by atoms with E-state index in [0.29, 0.717) is 23.5 Å². The zero-order chi connectivity index (χ0) is 28.3. The van der Waals surface area contributed by atoms with Crippen LogP contribution >= 0.6 is 0 Å². The maximum Gasteiger partial charge on any atom is 0.573 e. The van der Waals surface area contributed by atoms with Gasteiger partial charge in [-0.1, -0.05) is 0 Å². The number of anilines is 1. The second-order valence-corrected chi connectivity index (χ2v) is 11.0. The monoisotopic (exact) mass is 557 g/mol. The van der Waals surface area contributed by atoms with Crippen LogP contribution in [0.2, 0.25) is 0 Å². The summed E-state index contributed by atoms with van der Waals surface area (Å²) in [5.74, 6) is -1.17. The lowest BCUT2D eigenvalue weighted by Crippen LogP contribution is -2.42. The molecule has 0 radical (unpaired) electrons. The fourth-order valence-corrected chi connectivity index (χ4v) is 5.90. The van der Waals surface area contributed by atoms with Crippen molar-refractivity contribution in [2.45, 2.75) is 76.5 Å². The Morgan fingerprint density at radius 1 is 1.23 bits per heavy atom. The number of nitrogens with two attached hydrogens (primary N) is 2. The van der Waals surface area contributed by atoms with Gasteiger partial charge in [-0.3, -0.25) is 9.59 Å². The number of carbonyl (C=O) groups excluding carboxylic acids is 2. The smallest absolute Gasteiger partial charge is 0.405 e. The highest BCUT2D eigenvalue weighted by Gasteiger charge is 2.42. The van der Waals surface area contributed by atoms with Crippen LogP contribution < -0.4 is 21.5 Å². The van der Waals surface area contributed by atoms with Gasteiger partial charge >= 0.3 is 6.36 Å². The molecule has 10 nitrogen and oxygen atoms in total. The van der Waals surface area contributed by atoms with E-state index < -0.39 is 23.9 Å². The van der Waals surface area contributed by atoms with Gasteiger partial charge in [-0.25, -0.2) is 9.50 Å². The summed E-state index contributed by atoms with van der Waals surface area (Å²) in [5, 5.41) is 7.15. The molecule has 1 aliphatic heterocycles. The predicted octanol–water partition coefficient (Wildman–Crippen LogP) is 3.63. The van der Waals surface area contributed by atoms with E-state index >= 15 is 0 Å². The summed E-state index contributed by atoms with van der Waals surface area (Å²) in [6.07, 6.45) is 1.76. The maximum absolute atomic E-state index is 13.4. The topological polar surface area (TPSA) is 141 Å². The molecule has 6 rings (SSSR count). The molecule has 40 heavy (non-hydrogen) atoms. The van der Waals surface area contributed by atoms with Crippen LogP contribution in [0.5, 0.6) is 5.75 Å². The number of hydrogen-bond acceptors (Lipinski definition) is 7. The number of nitrogen functional groups attached to an aromatic ring is 1. The number of rotatable bonds is 6. The van der Waals surface area contributed by atoms with Gasteiger partial charge in [0.15, 0.2) is 11.5 Å². The molecule has 3 aliphatic rings. The largest absolute Gasteiger partial charge is 0.573 e. The molecule has 1 aromatic carbocycles. The van der Waals surface area contributed by atoms with Crippen LogP contribution in [0.1, 0.15) is 71.7 Å². The second kappa shape index (κ2) is 9.65. The van der Waals surface area contributed by atoms with Crippen LogP contribution in [0.3, 0.4) is 0 Å². The highest BCUT2D eigenvalue weighted by molar-refractivity contribution is 6.05. The Morgan fingerprint density at radius 2 is 2.00 bits per heavy atom. The second-order valence-electron chi connectivity index (χ2n) is 11.0. The summed E-state index contributed by atoms with van der Waals surface area (Å²) in [5.41, 5.74) is 13.3. The highest BCUT2D eigenvalue weighted by Crippen LogP contribution is 2.42. The van der Waals surface area contributed by atoms with Crippen LogP contribution in [0.25, 0.3) is 16.9 Å². The van der Waals surface area contributed by atoms with Crippen LogP contribution in [-0.4, -0.2) is 55.8 Å². The molecule has 1 unspecified atom stereocenters. The molecular weight excluding hydrogens is 527 g/mol. The van der Waals surface area contributed by atoms with Crippen molar-refractivity contribution in [1.82, 2.24) is 24.8 Å². The Labute approximate surface area is 227 Å². The number of ether oxygens (including phenoxy) is 1. The van der Waals surface area contributed by atoms with Gasteiger partial charge in [0.05, 0.1) is 11.3 Å². The van der Waals surface area contributed by atoms with Crippen molar-refractivity contribution in [2.24, 2.45) is 11.7 Å². The van der Waals surface area contributed by atoms with Gasteiger partial charge in [0, 0.05) is 36.4 Å². The number of hydrogen-bond donors (Lipinski definition) is 3. The Kier molecular flexibility index (Phi) is 6.36. The molecule has 2 aliphatic carbocycles. The molecule has 5 N–H and O–H groups in total. The Balaban J connectivity index is 1.37. The first kappa shape index (κ1) is 26.4. The number of fused-ring (bicyclic) bond motifs is 2. The van der Waals surface area contributed by atoms with E-state index in [1.54, 1.807) is 17.0 Å². The van der Waals surface area contributed by atoms with Crippen LogP contribution in [0.15, 0.2) is 24.4 Å². The van der Waals surface area contributed by atoms with Gasteiger partial charge in [0.2, 0.25) is 0 Å². The van der Waals surface area contributed by atoms with Gasteiger partial charge in [-0.05, 0) is 75.1 Å². The van der Waals surface area contributed by atoms with E-state index in [-0.39, 0.29) is 53.0 Å². The Morgan fingerprint density at radius 3 is 2.70 bits per heavy atom. The van der Waals surface area contributed by atoms with Crippen molar-refractivity contribution in [3.05, 3.63) is 41.1 Å². The first-order chi connectivity index (χ1) is 19.0. The Bertz CT molecular complexity index is 1500. The third kappa shape index (κ3) is 4.93. The third-order valence-corrected chi connectivity index (χ3v) is 8.11. The minimum absolute atomic E-state index is 0.00743. The lowest BCUT2D eigenvalue weighted by Gasteiger charge is -2.27. The minimum atomic E-state index is -4.99. The molecule has 2 amide bonds. The van der Waals surface area contributed by atoms with Crippen molar-refractivity contribution in [1.29, 1.82) is 0 Å². The molecule has 2 saturated carbocycles. The lowest BCUT2D eigenvalue weighted by molar-refractivity contribution is -0.274. The standard InChI is InChI=1S/C27H30F3N7O3/c1-13(14-5-6-14)36-12-16-9-15(10-20(21(16)26(36)39)40-27(28,29)30)19-7-8-37-24(34-19)22(23(32)35-37)25(38)33-18-4-2-3-17(31)11-18/h7-10,13-14,17-18H,2-6,11-12,31H2,1H3,(H2,32,35)(H,33,38)/t13?,17-,18+/m0/s1. The average Bonchev–Trinajstić information content (AvgIpc) is 3.59. The molecule has 3 aromatic rings. The van der Waals surface area contributed by atoms with Crippen LogP contribution in [0, 0.1) is 5.92 Å². The fourth-order valence-electron chi connectivity index (χ4n) is 5.90. The number of amides is 2. The molecule has 0 spiro atoms. The van der Waals surface area contributed by atoms with E-state index in [1.807, 2.05) is 6.92 Å². The maximum atomic E-state index is 13.4. The van der Waals surface area contributed by atoms with E-state index in [4.69, 9.17) is 11.5 Å². The van der Waals surface area contributed by atoms with Crippen LogP contribution in [0.4, 0.5) is 19.0 Å². The summed E-state index contributed by atoms with van der Waals surface area (Å²) in [4.78, 5) is 32.6. The lowest BCUT2D eigenvalue weighted by atomic mass is 9.91. The van der Waals surface area contributed by atoms with Crippen molar-refractivity contribution in [3.63, 3.8) is 0 Å². The van der Waals surface area contributed by atoms with Gasteiger partial charge in [-0.2, -0.15) is 0 Å². The van der Waals surface area contributed by atoms with E-state index in [9.17, 15) is 22.8 Å². The molecule has 13 heteroatoms. The van der Waals surface area contributed by atoms with Gasteiger partial charge in [0.1, 0.15) is 11.3 Å². The number of nitrogens with one attached hydrogen (secondary N) is 1. The molecule has 3 heterocycles. The SMILES string of the molecule is CC(C1CC1)N1Cc2cc(-c3ccn4nc(N)c(C(=O)N[C@@H]5CCC[C@H](N)C5)c4n3)cc(OC(F)(F)F)c2C1=O. The summed E-state index contributed by atoms with van der Waals surface area (Å²) in [7, 11) is 0. The summed E-state index contributed by atoms with van der Waals surface area (Å²) < 4.78 is 45.9. The molecule has 2 aromatic heterocycles. The van der Waals surface area contributed by atoms with E-state index in [0.717, 1.165) is 38.2 Å². The third-order valence-electron chi connectivity index (χ3n) is 8.11. The van der Waals surface area contributed by atoms with Crippen LogP contribution in [-0.2, 0) is 6.54 Å². The normalized spacial score (nSPS) is 21.9. The fraction of sp³-hybridized carbons (Fsp3) is 0.481. The molecule has 0 saturated heterocycles. The highest BCUT2D eigenvalue weighted by atomic mass is 19.4. The summed E-state index contributed by atoms with van der Waals surface area (Å²) in [6.45, 7) is 2.09. The zero-order valence-corrected chi connectivity index (χ0v) is 21.9. The van der Waals surface area contributed by atoms with Gasteiger partial charge < -0.3 is 26.4 Å². The average molecular weight is 558 g/mol. The molecule has 2 fully saturated rings. The number of carbonyl (C=O) groups is 2. The molecule has 212 valence electrons. The van der Waals surface area contributed by atoms with Gasteiger partial charge in [-0.15, -0.1) is 18.3 Å². The summed E-state index contributed by atoms with van der Waals surface area (Å²) >= 11 is 0. The zero-order valence-electron chi connectivity index (χ0n) is 21.9. The quantitative estimate of drug-likeness (QED) is 0.420. The molecular formula is C27H30F3N7O3. The van der Waals surface area contributed by atoms with Crippen molar-refractivity contribution in [2.75, 3.05) is 5.73 Å². The summed E-state index contributed by atoms with van der Waals surface area (Å²) in [6, 6.07) is 4.18. The first-order valence-electron chi connectivity index (χ1n) is 13.4. The molecule has 3 atom stereocenters. The van der Waals surface area contributed by atoms with Crippen molar-refractivity contribution in [3.8, 4) is 17.0 Å². The number of benzene rings is 1. The van der Waals surface area contributed by atoms with E-state index in [1.165, 1.54) is 10.7 Å². The molecule has 0 bridgehead atoms. The van der Waals surface area contributed by atoms with Gasteiger partial charge in [0.25, 0.3) is 11.8 Å². The number of alkyl halides is 3. The number of nitrogens with zero attached hydrogens (tertiary/aromatic N) is 4. The first-order valence-corrected chi connectivity index (χ1v) is 13.4. The number of halogens is 3. The van der Waals surface area contributed by atoms with Crippen molar-refractivity contribution >= 4 is 23.3 Å². The predicted molar refractivity (Wildman–Crippen MR) is 139 cm³/mol. The van der Waals surface area contributed by atoms with E-state index in [2.05, 4.69) is 20.1 Å². The Hall–Kier alpha value is -3.87.